The van der Waals surface area contributed by atoms with Gasteiger partial charge in [-0.25, -0.2) is 0 Å². The van der Waals surface area contributed by atoms with E-state index in [0.717, 1.165) is 30.8 Å². The van der Waals surface area contributed by atoms with Crippen LogP contribution >= 0.6 is 0 Å². The monoisotopic (exact) mass is 345 g/mol. The third-order valence-corrected chi connectivity index (χ3v) is 4.53. The van der Waals surface area contributed by atoms with Crippen LogP contribution in [0.3, 0.4) is 0 Å². The van der Waals surface area contributed by atoms with Gasteiger partial charge >= 0.3 is 98.8 Å². The molecular weight excluding hydrogens is 335 g/mol. The minimum atomic E-state index is 1.14. The molecule has 0 N–H and O–H groups in total. The van der Waals surface area contributed by atoms with Crippen molar-refractivity contribution in [2.24, 2.45) is 0 Å². The zero-order valence-corrected chi connectivity index (χ0v) is 11.3. The van der Waals surface area contributed by atoms with Crippen LogP contribution in [-0.4, -0.2) is 0 Å². The van der Waals surface area contributed by atoms with Gasteiger partial charge in [0.15, 0.2) is 0 Å². The van der Waals surface area contributed by atoms with E-state index in [1.165, 1.54) is 16.7 Å². The van der Waals surface area contributed by atoms with E-state index in [2.05, 4.69) is 42.5 Å². The van der Waals surface area contributed by atoms with E-state index in [0.29, 0.717) is 0 Å². The first-order valence-corrected chi connectivity index (χ1v) is 6.57. The standard InChI is InChI=1S/C13H9.Hf/c1-3-7-12-10(5-1)9-11-6-2-4-8-13(11)12;/h1-5,7-8H,9H2;. The average molecular weight is 344 g/mol. The van der Waals surface area contributed by atoms with Crippen LogP contribution in [0.1, 0.15) is 11.1 Å². The van der Waals surface area contributed by atoms with Gasteiger partial charge in [0.1, 0.15) is 0 Å². The predicted molar refractivity (Wildman–Crippen MR) is 54.3 cm³/mol. The fourth-order valence-corrected chi connectivity index (χ4v) is 3.30. The fourth-order valence-electron chi connectivity index (χ4n) is 2.16. The molecule has 0 aliphatic heterocycles. The van der Waals surface area contributed by atoms with Gasteiger partial charge in [-0.15, -0.1) is 0 Å². The fraction of sp³-hybridized carbons (Fsp3) is 0.0769. The van der Waals surface area contributed by atoms with Crippen LogP contribution in [0.4, 0.5) is 0 Å². The topological polar surface area (TPSA) is 0 Å². The summed E-state index contributed by atoms with van der Waals surface area (Å²) >= 11 is 1.16. The number of rotatable bonds is 0. The van der Waals surface area contributed by atoms with Crippen molar-refractivity contribution in [3.05, 3.63) is 53.6 Å². The van der Waals surface area contributed by atoms with Crippen LogP contribution in [0.2, 0.25) is 0 Å². The maximum absolute atomic E-state index is 2.26. The first kappa shape index (κ1) is 8.60. The van der Waals surface area contributed by atoms with Crippen molar-refractivity contribution in [2.75, 3.05) is 0 Å². The number of hydrogen-bond donors (Lipinski definition) is 0. The van der Waals surface area contributed by atoms with Crippen LogP contribution < -0.4 is 3.32 Å². The van der Waals surface area contributed by atoms with E-state index in [1.807, 2.05) is 0 Å². The molecule has 0 saturated carbocycles. The molecule has 65 valence electrons. The molecule has 1 heteroatoms. The molecule has 1 aliphatic rings. The van der Waals surface area contributed by atoms with Crippen LogP contribution in [0.25, 0.3) is 11.1 Å². The molecule has 0 unspecified atom stereocenters. The second-order valence-corrected chi connectivity index (χ2v) is 5.60. The van der Waals surface area contributed by atoms with Crippen LogP contribution in [0, 0.1) is 0 Å². The SMILES string of the molecule is [Hf][c]1cccc2c1Cc1ccccc1-2. The molecule has 0 saturated heterocycles. The van der Waals surface area contributed by atoms with Crippen molar-refractivity contribution < 1.29 is 24.4 Å². The summed E-state index contributed by atoms with van der Waals surface area (Å²) in [5, 5.41) is 0. The Labute approximate surface area is 98.5 Å². The van der Waals surface area contributed by atoms with Crippen molar-refractivity contribution in [3.63, 3.8) is 0 Å². The second-order valence-electron chi connectivity index (χ2n) is 3.67. The summed E-state index contributed by atoms with van der Waals surface area (Å²) in [6.45, 7) is 0. The summed E-state index contributed by atoms with van der Waals surface area (Å²) in [6, 6.07) is 15.5. The van der Waals surface area contributed by atoms with Crippen LogP contribution in [-0.2, 0) is 30.8 Å². The predicted octanol–water partition coefficient (Wildman–Crippen LogP) is 2.43. The molecule has 0 bridgehead atoms. The maximum atomic E-state index is 2.26. The number of fused-ring (bicyclic) bond motifs is 3. The van der Waals surface area contributed by atoms with E-state index in [9.17, 15) is 0 Å². The van der Waals surface area contributed by atoms with Gasteiger partial charge in [0.2, 0.25) is 0 Å². The van der Waals surface area contributed by atoms with E-state index >= 15 is 0 Å². The van der Waals surface area contributed by atoms with Crippen LogP contribution in [0.15, 0.2) is 42.5 Å². The molecule has 0 aromatic heterocycles. The summed E-state index contributed by atoms with van der Waals surface area (Å²) in [5.74, 6) is 0. The Morgan fingerprint density at radius 3 is 2.57 bits per heavy atom. The van der Waals surface area contributed by atoms with Crippen molar-refractivity contribution in [1.29, 1.82) is 0 Å². The molecule has 0 nitrogen and oxygen atoms in total. The zero-order valence-electron chi connectivity index (χ0n) is 7.75. The molecule has 0 radical (unpaired) electrons. The van der Waals surface area contributed by atoms with Crippen molar-refractivity contribution in [1.82, 2.24) is 0 Å². The third kappa shape index (κ3) is 1.15. The quantitative estimate of drug-likeness (QED) is 0.550. The molecule has 14 heavy (non-hydrogen) atoms. The Morgan fingerprint density at radius 1 is 0.857 bits per heavy atom. The van der Waals surface area contributed by atoms with Gasteiger partial charge in [0.25, 0.3) is 0 Å². The van der Waals surface area contributed by atoms with E-state index < -0.39 is 0 Å². The van der Waals surface area contributed by atoms with Gasteiger partial charge in [-0.05, 0) is 0 Å². The summed E-state index contributed by atoms with van der Waals surface area (Å²) in [5.41, 5.74) is 5.97. The van der Waals surface area contributed by atoms with Gasteiger partial charge in [0, 0.05) is 0 Å². The summed E-state index contributed by atoms with van der Waals surface area (Å²) < 4.78 is 1.55. The molecule has 0 fully saturated rings. The summed E-state index contributed by atoms with van der Waals surface area (Å²) in [4.78, 5) is 0. The summed E-state index contributed by atoms with van der Waals surface area (Å²) in [6.07, 6.45) is 1.14. The Hall–Kier alpha value is -0.690. The van der Waals surface area contributed by atoms with Crippen molar-refractivity contribution in [3.8, 4) is 11.1 Å². The van der Waals surface area contributed by atoms with Gasteiger partial charge in [-0.2, -0.15) is 0 Å². The number of hydrogen-bond acceptors (Lipinski definition) is 0. The van der Waals surface area contributed by atoms with E-state index in [4.69, 9.17) is 0 Å². The van der Waals surface area contributed by atoms with E-state index in [-0.39, 0.29) is 0 Å². The van der Waals surface area contributed by atoms with Crippen molar-refractivity contribution in [2.45, 2.75) is 6.42 Å². The van der Waals surface area contributed by atoms with Crippen LogP contribution in [0.5, 0.6) is 0 Å². The Morgan fingerprint density at radius 2 is 1.64 bits per heavy atom. The minimum absolute atomic E-state index is 1.14. The molecular formula is C13H9Hf. The van der Waals surface area contributed by atoms with Gasteiger partial charge < -0.3 is 0 Å². The Kier molecular flexibility index (Phi) is 1.94. The van der Waals surface area contributed by atoms with E-state index in [1.54, 1.807) is 8.88 Å². The van der Waals surface area contributed by atoms with Gasteiger partial charge in [-0.3, -0.25) is 0 Å². The first-order chi connectivity index (χ1) is 6.86. The zero-order chi connectivity index (χ0) is 9.54. The molecule has 0 atom stereocenters. The third-order valence-electron chi connectivity index (χ3n) is 2.85. The molecule has 0 amide bonds. The summed E-state index contributed by atoms with van der Waals surface area (Å²) in [7, 11) is 0. The molecule has 2 aromatic rings. The average Bonchev–Trinajstić information content (AvgIpc) is 2.59. The normalized spacial score (nSPS) is 12.2. The second kappa shape index (κ2) is 3.16. The number of benzene rings is 2. The molecule has 3 rings (SSSR count). The Balaban J connectivity index is 2.33. The Bertz CT molecular complexity index is 500. The molecule has 0 heterocycles. The molecule has 1 aliphatic carbocycles. The van der Waals surface area contributed by atoms with Crippen molar-refractivity contribution >= 4 is 3.32 Å². The van der Waals surface area contributed by atoms with Gasteiger partial charge in [0.05, 0.1) is 0 Å². The molecule has 0 spiro atoms. The van der Waals surface area contributed by atoms with Gasteiger partial charge in [-0.1, -0.05) is 0 Å². The first-order valence-electron chi connectivity index (χ1n) is 4.78. The molecule has 2 aromatic carbocycles.